The van der Waals surface area contributed by atoms with Crippen LogP contribution in [0, 0.1) is 6.92 Å². The topological polar surface area (TPSA) is 55.8 Å². The van der Waals surface area contributed by atoms with Crippen molar-refractivity contribution in [3.05, 3.63) is 87.6 Å². The van der Waals surface area contributed by atoms with Gasteiger partial charge < -0.3 is 14.4 Å². The summed E-state index contributed by atoms with van der Waals surface area (Å²) in [6.45, 7) is 6.01. The Bertz CT molecular complexity index is 977. The monoisotopic (exact) mass is 469 g/mol. The molecule has 3 rings (SSSR count). The number of benzene rings is 2. The predicted molar refractivity (Wildman–Crippen MR) is 120 cm³/mol. The molecular formula is C24H24BrNO4. The largest absolute Gasteiger partial charge is 0.463 e. The number of hydrogen-bond acceptors (Lipinski definition) is 5. The second kappa shape index (κ2) is 9.76. The Labute approximate surface area is 185 Å². The van der Waals surface area contributed by atoms with Gasteiger partial charge in [-0.3, -0.25) is 0 Å². The molecule has 1 heterocycles. The Morgan fingerprint density at radius 3 is 2.13 bits per heavy atom. The van der Waals surface area contributed by atoms with Crippen molar-refractivity contribution in [2.75, 3.05) is 18.1 Å². The first kappa shape index (κ1) is 21.8. The molecule has 0 spiro atoms. The first-order chi connectivity index (χ1) is 14.4. The Morgan fingerprint density at radius 1 is 0.933 bits per heavy atom. The van der Waals surface area contributed by atoms with Crippen LogP contribution in [0.1, 0.15) is 31.0 Å². The van der Waals surface area contributed by atoms with Gasteiger partial charge in [-0.15, -0.1) is 0 Å². The highest BCUT2D eigenvalue weighted by molar-refractivity contribution is 9.10. The molecule has 0 amide bonds. The normalized spacial score (nSPS) is 15.9. The zero-order valence-corrected chi connectivity index (χ0v) is 18.8. The SMILES string of the molecule is CCOC(=O)C1=CN(c2ccc(C)cc2)C(c2ccc(Br)cc2)C(C(=O)OCC)=C1. The smallest absolute Gasteiger partial charge is 0.339 e. The van der Waals surface area contributed by atoms with Crippen LogP contribution in [0.25, 0.3) is 0 Å². The molecule has 0 bridgehead atoms. The number of nitrogens with zero attached hydrogens (tertiary/aromatic N) is 1. The fourth-order valence-corrected chi connectivity index (χ4v) is 3.56. The lowest BCUT2D eigenvalue weighted by molar-refractivity contribution is -0.138. The molecule has 5 nitrogen and oxygen atoms in total. The van der Waals surface area contributed by atoms with E-state index in [2.05, 4.69) is 15.9 Å². The van der Waals surface area contributed by atoms with Gasteiger partial charge in [0.15, 0.2) is 0 Å². The van der Waals surface area contributed by atoms with E-state index in [1.54, 1.807) is 26.1 Å². The maximum Gasteiger partial charge on any atom is 0.339 e. The van der Waals surface area contributed by atoms with E-state index < -0.39 is 18.0 Å². The predicted octanol–water partition coefficient (Wildman–Crippen LogP) is 5.26. The van der Waals surface area contributed by atoms with Crippen LogP contribution >= 0.6 is 15.9 Å². The van der Waals surface area contributed by atoms with Gasteiger partial charge in [0.1, 0.15) is 0 Å². The van der Waals surface area contributed by atoms with Gasteiger partial charge in [-0.05, 0) is 56.7 Å². The minimum Gasteiger partial charge on any atom is -0.463 e. The molecule has 1 aliphatic rings. The molecule has 2 aromatic carbocycles. The maximum absolute atomic E-state index is 12.9. The number of rotatable bonds is 6. The number of carbonyl (C=O) groups excluding carboxylic acids is 2. The highest BCUT2D eigenvalue weighted by atomic mass is 79.9. The molecule has 0 saturated heterocycles. The molecule has 0 aromatic heterocycles. The fraction of sp³-hybridized carbons (Fsp3) is 0.250. The van der Waals surface area contributed by atoms with Crippen LogP contribution in [0.3, 0.4) is 0 Å². The lowest BCUT2D eigenvalue weighted by Crippen LogP contribution is -2.33. The van der Waals surface area contributed by atoms with Crippen LogP contribution in [-0.2, 0) is 19.1 Å². The van der Waals surface area contributed by atoms with Crippen molar-refractivity contribution in [3.63, 3.8) is 0 Å². The first-order valence-electron chi connectivity index (χ1n) is 9.82. The van der Waals surface area contributed by atoms with Gasteiger partial charge in [-0.2, -0.15) is 0 Å². The van der Waals surface area contributed by atoms with E-state index in [4.69, 9.17) is 9.47 Å². The summed E-state index contributed by atoms with van der Waals surface area (Å²) in [5.41, 5.74) is 3.55. The summed E-state index contributed by atoms with van der Waals surface area (Å²) in [5.74, 6) is -0.942. The van der Waals surface area contributed by atoms with Crippen LogP contribution in [0.5, 0.6) is 0 Å². The fourth-order valence-electron chi connectivity index (χ4n) is 3.29. The number of hydrogen-bond donors (Lipinski definition) is 0. The molecule has 0 radical (unpaired) electrons. The third-order valence-electron chi connectivity index (χ3n) is 4.70. The molecule has 0 fully saturated rings. The number of ether oxygens (including phenoxy) is 2. The van der Waals surface area contributed by atoms with Crippen molar-refractivity contribution in [1.29, 1.82) is 0 Å². The summed E-state index contributed by atoms with van der Waals surface area (Å²) in [6.07, 6.45) is 3.31. The quantitative estimate of drug-likeness (QED) is 0.540. The molecule has 2 aromatic rings. The zero-order valence-electron chi connectivity index (χ0n) is 17.2. The third kappa shape index (κ3) is 4.82. The van der Waals surface area contributed by atoms with Gasteiger partial charge in [0.25, 0.3) is 0 Å². The number of esters is 2. The van der Waals surface area contributed by atoms with Crippen LogP contribution in [-0.4, -0.2) is 25.2 Å². The van der Waals surface area contributed by atoms with E-state index in [0.29, 0.717) is 11.1 Å². The molecule has 1 atom stereocenters. The Balaban J connectivity index is 2.17. The number of anilines is 1. The van der Waals surface area contributed by atoms with Crippen LogP contribution in [0.2, 0.25) is 0 Å². The van der Waals surface area contributed by atoms with Crippen molar-refractivity contribution < 1.29 is 19.1 Å². The van der Waals surface area contributed by atoms with Crippen LogP contribution < -0.4 is 4.90 Å². The van der Waals surface area contributed by atoms with Crippen molar-refractivity contribution >= 4 is 33.6 Å². The summed E-state index contributed by atoms with van der Waals surface area (Å²) in [6, 6.07) is 15.2. The average Bonchev–Trinajstić information content (AvgIpc) is 2.74. The highest BCUT2D eigenvalue weighted by Gasteiger charge is 2.34. The number of carbonyl (C=O) groups is 2. The van der Waals surface area contributed by atoms with E-state index in [9.17, 15) is 9.59 Å². The minimum atomic E-state index is -0.481. The summed E-state index contributed by atoms with van der Waals surface area (Å²) in [7, 11) is 0. The molecule has 30 heavy (non-hydrogen) atoms. The number of halogens is 1. The lowest BCUT2D eigenvalue weighted by atomic mass is 9.92. The van der Waals surface area contributed by atoms with Crippen molar-refractivity contribution in [2.24, 2.45) is 0 Å². The molecule has 0 saturated carbocycles. The highest BCUT2D eigenvalue weighted by Crippen LogP contribution is 2.38. The molecule has 1 unspecified atom stereocenters. The van der Waals surface area contributed by atoms with Gasteiger partial charge in [0.2, 0.25) is 0 Å². The molecule has 0 N–H and O–H groups in total. The Morgan fingerprint density at radius 2 is 1.53 bits per heavy atom. The summed E-state index contributed by atoms with van der Waals surface area (Å²) in [5, 5.41) is 0. The Kier molecular flexibility index (Phi) is 7.11. The minimum absolute atomic E-state index is 0.242. The Hall–Kier alpha value is -2.86. The summed E-state index contributed by atoms with van der Waals surface area (Å²) < 4.78 is 11.5. The van der Waals surface area contributed by atoms with Crippen molar-refractivity contribution in [3.8, 4) is 0 Å². The van der Waals surface area contributed by atoms with Gasteiger partial charge in [0, 0.05) is 16.4 Å². The van der Waals surface area contributed by atoms with Crippen LogP contribution in [0.4, 0.5) is 5.69 Å². The van der Waals surface area contributed by atoms with E-state index in [-0.39, 0.29) is 13.2 Å². The van der Waals surface area contributed by atoms with E-state index in [1.807, 2.05) is 60.4 Å². The zero-order chi connectivity index (χ0) is 21.7. The van der Waals surface area contributed by atoms with Gasteiger partial charge in [-0.1, -0.05) is 45.8 Å². The van der Waals surface area contributed by atoms with Gasteiger partial charge in [-0.25, -0.2) is 9.59 Å². The summed E-state index contributed by atoms with van der Waals surface area (Å²) in [4.78, 5) is 27.3. The molecule has 156 valence electrons. The van der Waals surface area contributed by atoms with E-state index in [0.717, 1.165) is 21.3 Å². The average molecular weight is 470 g/mol. The molecule has 1 aliphatic heterocycles. The third-order valence-corrected chi connectivity index (χ3v) is 5.23. The van der Waals surface area contributed by atoms with Gasteiger partial charge in [0.05, 0.1) is 30.4 Å². The molecular weight excluding hydrogens is 446 g/mol. The molecule has 6 heteroatoms. The maximum atomic E-state index is 12.9. The van der Waals surface area contributed by atoms with Gasteiger partial charge >= 0.3 is 11.9 Å². The summed E-state index contributed by atoms with van der Waals surface area (Å²) >= 11 is 3.46. The standard InChI is InChI=1S/C24H24BrNO4/c1-4-29-23(27)18-14-21(24(28)30-5-2)22(17-8-10-19(25)11-9-17)26(15-18)20-12-6-16(3)7-13-20/h6-15,22H,4-5H2,1-3H3. The van der Waals surface area contributed by atoms with E-state index in [1.165, 1.54) is 0 Å². The second-order valence-electron chi connectivity index (χ2n) is 6.82. The molecule has 0 aliphatic carbocycles. The number of aryl methyl sites for hydroxylation is 1. The van der Waals surface area contributed by atoms with E-state index >= 15 is 0 Å². The lowest BCUT2D eigenvalue weighted by Gasteiger charge is -2.35. The second-order valence-corrected chi connectivity index (χ2v) is 7.74. The van der Waals surface area contributed by atoms with Crippen molar-refractivity contribution in [2.45, 2.75) is 26.8 Å². The van der Waals surface area contributed by atoms with Crippen molar-refractivity contribution in [1.82, 2.24) is 0 Å². The van der Waals surface area contributed by atoms with Crippen LogP contribution in [0.15, 0.2) is 76.4 Å². The first-order valence-corrected chi connectivity index (χ1v) is 10.6.